The highest BCUT2D eigenvalue weighted by Crippen LogP contribution is 1.90. The van der Waals surface area contributed by atoms with Crippen molar-refractivity contribution in [3.63, 3.8) is 0 Å². The molecule has 1 fully saturated rings. The summed E-state index contributed by atoms with van der Waals surface area (Å²) in [5, 5.41) is 17.5. The Morgan fingerprint density at radius 2 is 1.90 bits per heavy atom. The first-order valence-corrected chi connectivity index (χ1v) is 3.58. The average Bonchev–Trinajstić information content (AvgIpc) is 2.17. The van der Waals surface area contributed by atoms with Gasteiger partial charge in [-0.15, -0.1) is 0 Å². The van der Waals surface area contributed by atoms with Gasteiger partial charge in [0.05, 0.1) is 12.4 Å². The fourth-order valence-corrected chi connectivity index (χ4v) is 1.01. The van der Waals surface area contributed by atoms with Crippen LogP contribution in [0, 0.1) is 0 Å². The van der Waals surface area contributed by atoms with Crippen LogP contribution in [0.25, 0.3) is 0 Å². The lowest BCUT2D eigenvalue weighted by molar-refractivity contribution is 0.317. The second-order valence-corrected chi connectivity index (χ2v) is 2.36. The van der Waals surface area contributed by atoms with Crippen LogP contribution in [0.3, 0.4) is 0 Å². The highest BCUT2D eigenvalue weighted by molar-refractivity contribution is 5.62. The van der Waals surface area contributed by atoms with Crippen molar-refractivity contribution in [2.75, 3.05) is 13.1 Å². The molecule has 0 radical (unpaired) electrons. The van der Waals surface area contributed by atoms with E-state index in [9.17, 15) is 0 Å². The Balaban J connectivity index is 2.28. The molecule has 4 nitrogen and oxygen atoms in total. The van der Waals surface area contributed by atoms with Gasteiger partial charge in [0.2, 0.25) is 0 Å². The minimum Gasteiger partial charge on any atom is -0.411 e. The zero-order valence-corrected chi connectivity index (χ0v) is 5.88. The molecule has 1 aliphatic rings. The lowest BCUT2D eigenvalue weighted by Crippen LogP contribution is -2.41. The molecular formula is C6H13N3O. The Labute approximate surface area is 60.3 Å². The molecule has 1 saturated heterocycles. The maximum Gasteiger partial charge on any atom is 0.0973 e. The smallest absolute Gasteiger partial charge is 0.0973 e. The van der Waals surface area contributed by atoms with Gasteiger partial charge in [0.1, 0.15) is 0 Å². The standard InChI is InChI=1S/C6H13N3O/c10-9-5-6-7-3-1-2-4-8-6/h5-8,10H,1-4H2/b9-5+. The van der Waals surface area contributed by atoms with Crippen LogP contribution in [0.5, 0.6) is 0 Å². The zero-order chi connectivity index (χ0) is 7.23. The van der Waals surface area contributed by atoms with Crippen LogP contribution in [0.1, 0.15) is 12.8 Å². The quantitative estimate of drug-likeness (QED) is 0.269. The summed E-state index contributed by atoms with van der Waals surface area (Å²) in [6.07, 6.45) is 3.88. The number of nitrogens with one attached hydrogen (secondary N) is 2. The van der Waals surface area contributed by atoms with E-state index in [1.165, 1.54) is 19.1 Å². The van der Waals surface area contributed by atoms with Crippen molar-refractivity contribution < 1.29 is 5.21 Å². The molecule has 0 saturated carbocycles. The van der Waals surface area contributed by atoms with Gasteiger partial charge in [-0.05, 0) is 25.9 Å². The van der Waals surface area contributed by atoms with Gasteiger partial charge in [0.25, 0.3) is 0 Å². The second-order valence-electron chi connectivity index (χ2n) is 2.36. The number of rotatable bonds is 1. The molecule has 3 N–H and O–H groups in total. The summed E-state index contributed by atoms with van der Waals surface area (Å²) in [5.74, 6) is 0. The van der Waals surface area contributed by atoms with E-state index in [0.29, 0.717) is 0 Å². The van der Waals surface area contributed by atoms with Gasteiger partial charge in [-0.1, -0.05) is 5.16 Å². The molecule has 4 heteroatoms. The molecule has 0 unspecified atom stereocenters. The van der Waals surface area contributed by atoms with E-state index in [1.807, 2.05) is 0 Å². The summed E-state index contributed by atoms with van der Waals surface area (Å²) in [6.45, 7) is 1.98. The maximum absolute atomic E-state index is 8.20. The number of hydrogen-bond donors (Lipinski definition) is 3. The van der Waals surface area contributed by atoms with E-state index in [1.54, 1.807) is 0 Å². The molecule has 0 spiro atoms. The van der Waals surface area contributed by atoms with Crippen molar-refractivity contribution >= 4 is 6.21 Å². The highest BCUT2D eigenvalue weighted by Gasteiger charge is 2.06. The van der Waals surface area contributed by atoms with Crippen molar-refractivity contribution in [1.82, 2.24) is 10.6 Å². The molecule has 0 aliphatic carbocycles. The largest absolute Gasteiger partial charge is 0.411 e. The lowest BCUT2D eigenvalue weighted by Gasteiger charge is -2.09. The summed E-state index contributed by atoms with van der Waals surface area (Å²) in [5.41, 5.74) is 0. The second kappa shape index (κ2) is 4.24. The van der Waals surface area contributed by atoms with E-state index < -0.39 is 0 Å². The monoisotopic (exact) mass is 143 g/mol. The molecule has 1 rings (SSSR count). The molecule has 0 aromatic rings. The van der Waals surface area contributed by atoms with Crippen LogP contribution in [0.15, 0.2) is 5.16 Å². The Hall–Kier alpha value is -0.610. The van der Waals surface area contributed by atoms with Crippen molar-refractivity contribution in [3.8, 4) is 0 Å². The molecule has 0 atom stereocenters. The minimum atomic E-state index is 0.0486. The van der Waals surface area contributed by atoms with Gasteiger partial charge in [-0.3, -0.25) is 10.6 Å². The Kier molecular flexibility index (Phi) is 3.18. The molecule has 0 bridgehead atoms. The third-order valence-electron chi connectivity index (χ3n) is 1.55. The van der Waals surface area contributed by atoms with Gasteiger partial charge in [-0.25, -0.2) is 0 Å². The van der Waals surface area contributed by atoms with Crippen molar-refractivity contribution in [3.05, 3.63) is 0 Å². The van der Waals surface area contributed by atoms with Gasteiger partial charge < -0.3 is 5.21 Å². The first-order valence-electron chi connectivity index (χ1n) is 3.58. The van der Waals surface area contributed by atoms with E-state index >= 15 is 0 Å². The summed E-state index contributed by atoms with van der Waals surface area (Å²) < 4.78 is 0. The van der Waals surface area contributed by atoms with E-state index in [2.05, 4.69) is 15.8 Å². The van der Waals surface area contributed by atoms with Gasteiger partial charge in [-0.2, -0.15) is 0 Å². The molecular weight excluding hydrogens is 130 g/mol. The molecule has 58 valence electrons. The number of hydrogen-bond acceptors (Lipinski definition) is 4. The molecule has 1 heterocycles. The third-order valence-corrected chi connectivity index (χ3v) is 1.55. The van der Waals surface area contributed by atoms with Crippen LogP contribution in [0.4, 0.5) is 0 Å². The summed E-state index contributed by atoms with van der Waals surface area (Å²) in [7, 11) is 0. The van der Waals surface area contributed by atoms with Gasteiger partial charge in [0, 0.05) is 0 Å². The van der Waals surface area contributed by atoms with Crippen LogP contribution in [-0.4, -0.2) is 30.7 Å². The SMILES string of the molecule is O/N=C/C1NCCCCN1. The molecule has 0 aromatic heterocycles. The zero-order valence-electron chi connectivity index (χ0n) is 5.88. The fourth-order valence-electron chi connectivity index (χ4n) is 1.01. The van der Waals surface area contributed by atoms with Crippen LogP contribution >= 0.6 is 0 Å². The first kappa shape index (κ1) is 7.50. The number of nitrogens with zero attached hydrogens (tertiary/aromatic N) is 1. The Bertz CT molecular complexity index is 108. The van der Waals surface area contributed by atoms with Gasteiger partial charge in [0.15, 0.2) is 0 Å². The summed E-state index contributed by atoms with van der Waals surface area (Å²) in [4.78, 5) is 0. The van der Waals surface area contributed by atoms with Crippen molar-refractivity contribution in [2.24, 2.45) is 5.16 Å². The van der Waals surface area contributed by atoms with Crippen LogP contribution < -0.4 is 10.6 Å². The molecule has 0 amide bonds. The lowest BCUT2D eigenvalue weighted by atomic mass is 10.3. The van der Waals surface area contributed by atoms with Gasteiger partial charge >= 0.3 is 0 Å². The third kappa shape index (κ3) is 2.33. The Morgan fingerprint density at radius 1 is 1.30 bits per heavy atom. The topological polar surface area (TPSA) is 56.7 Å². The van der Waals surface area contributed by atoms with E-state index in [0.717, 1.165) is 13.1 Å². The Morgan fingerprint density at radius 3 is 2.40 bits per heavy atom. The molecule has 10 heavy (non-hydrogen) atoms. The predicted molar refractivity (Wildman–Crippen MR) is 39.3 cm³/mol. The molecule has 0 aromatic carbocycles. The fraction of sp³-hybridized carbons (Fsp3) is 0.833. The van der Waals surface area contributed by atoms with E-state index in [4.69, 9.17) is 5.21 Å². The predicted octanol–water partition coefficient (Wildman–Crippen LogP) is -0.255. The van der Waals surface area contributed by atoms with E-state index in [-0.39, 0.29) is 6.17 Å². The average molecular weight is 143 g/mol. The summed E-state index contributed by atoms with van der Waals surface area (Å²) >= 11 is 0. The summed E-state index contributed by atoms with van der Waals surface area (Å²) in [6, 6.07) is 0. The normalized spacial score (nSPS) is 23.2. The molecule has 1 aliphatic heterocycles. The van der Waals surface area contributed by atoms with Crippen molar-refractivity contribution in [2.45, 2.75) is 19.0 Å². The maximum atomic E-state index is 8.20. The number of oxime groups is 1. The van der Waals surface area contributed by atoms with Crippen LogP contribution in [0.2, 0.25) is 0 Å². The van der Waals surface area contributed by atoms with Crippen LogP contribution in [-0.2, 0) is 0 Å². The highest BCUT2D eigenvalue weighted by atomic mass is 16.4. The first-order chi connectivity index (χ1) is 4.93. The van der Waals surface area contributed by atoms with Crippen molar-refractivity contribution in [1.29, 1.82) is 0 Å². The minimum absolute atomic E-state index is 0.0486.